The molecule has 4 rings (SSSR count). The Balaban J connectivity index is 1.63. The molecule has 1 aliphatic heterocycles. The van der Waals surface area contributed by atoms with Crippen LogP contribution in [0.3, 0.4) is 0 Å². The van der Waals surface area contributed by atoms with E-state index in [0.29, 0.717) is 23.4 Å². The standard InChI is InChI=1S/C23H22N2O4S/c1-16-13-18-14-21(30(27,28)24-19-9-6-10-20(15-19)29-2)11-12-22(18)25(16)23(26)17-7-4-3-5-8-17/h3-12,14-16,24H,13H2,1-2H3/t16-/m1/s1. The maximum Gasteiger partial charge on any atom is 0.261 e. The molecule has 1 N–H and O–H groups in total. The lowest BCUT2D eigenvalue weighted by Crippen LogP contribution is -2.35. The van der Waals surface area contributed by atoms with Gasteiger partial charge in [0.1, 0.15) is 5.75 Å². The fourth-order valence-electron chi connectivity index (χ4n) is 3.70. The van der Waals surface area contributed by atoms with E-state index >= 15 is 0 Å². The minimum absolute atomic E-state index is 0.0583. The van der Waals surface area contributed by atoms with Crippen LogP contribution in [0.4, 0.5) is 11.4 Å². The molecule has 1 heterocycles. The van der Waals surface area contributed by atoms with Gasteiger partial charge in [-0.25, -0.2) is 8.42 Å². The molecule has 7 heteroatoms. The van der Waals surface area contributed by atoms with E-state index in [1.165, 1.54) is 13.2 Å². The van der Waals surface area contributed by atoms with E-state index in [1.807, 2.05) is 25.1 Å². The first-order valence-corrected chi connectivity index (χ1v) is 11.1. The Morgan fingerprint density at radius 1 is 1.03 bits per heavy atom. The zero-order valence-electron chi connectivity index (χ0n) is 16.7. The summed E-state index contributed by atoms with van der Waals surface area (Å²) in [4.78, 5) is 14.9. The van der Waals surface area contributed by atoms with Gasteiger partial charge in [0.15, 0.2) is 0 Å². The van der Waals surface area contributed by atoms with Crippen LogP contribution >= 0.6 is 0 Å². The fraction of sp³-hybridized carbons (Fsp3) is 0.174. The highest BCUT2D eigenvalue weighted by atomic mass is 32.2. The van der Waals surface area contributed by atoms with Crippen molar-refractivity contribution in [2.75, 3.05) is 16.7 Å². The number of methoxy groups -OCH3 is 1. The van der Waals surface area contributed by atoms with Gasteiger partial charge in [0.2, 0.25) is 0 Å². The van der Waals surface area contributed by atoms with Crippen LogP contribution in [0.1, 0.15) is 22.8 Å². The van der Waals surface area contributed by atoms with Crippen molar-refractivity contribution < 1.29 is 17.9 Å². The molecule has 0 aliphatic carbocycles. The fourth-order valence-corrected chi connectivity index (χ4v) is 4.80. The average molecular weight is 423 g/mol. The lowest BCUT2D eigenvalue weighted by atomic mass is 10.1. The molecule has 6 nitrogen and oxygen atoms in total. The van der Waals surface area contributed by atoms with Crippen molar-refractivity contribution in [3.8, 4) is 5.75 Å². The number of hydrogen-bond acceptors (Lipinski definition) is 4. The van der Waals surface area contributed by atoms with E-state index < -0.39 is 10.0 Å². The maximum atomic E-state index is 13.0. The number of benzene rings is 3. The second-order valence-electron chi connectivity index (χ2n) is 7.22. The molecule has 0 saturated heterocycles. The van der Waals surface area contributed by atoms with E-state index in [0.717, 1.165) is 11.3 Å². The van der Waals surface area contributed by atoms with Crippen LogP contribution in [-0.2, 0) is 16.4 Å². The summed E-state index contributed by atoms with van der Waals surface area (Å²) in [5.41, 5.74) is 2.61. The Kier molecular flexibility index (Phi) is 5.22. The SMILES string of the molecule is COc1cccc(NS(=O)(=O)c2ccc3c(c2)C[C@@H](C)N3C(=O)c2ccccc2)c1. The molecule has 1 amide bonds. The number of fused-ring (bicyclic) bond motifs is 1. The van der Waals surface area contributed by atoms with Gasteiger partial charge in [0, 0.05) is 23.4 Å². The molecule has 0 aromatic heterocycles. The normalized spacial score (nSPS) is 15.5. The Hall–Kier alpha value is -3.32. The lowest BCUT2D eigenvalue weighted by molar-refractivity contribution is 0.0981. The minimum atomic E-state index is -3.78. The highest BCUT2D eigenvalue weighted by Crippen LogP contribution is 2.35. The number of anilines is 2. The van der Waals surface area contributed by atoms with Crippen LogP contribution in [0, 0.1) is 0 Å². The van der Waals surface area contributed by atoms with E-state index in [-0.39, 0.29) is 16.8 Å². The summed E-state index contributed by atoms with van der Waals surface area (Å²) in [5.74, 6) is 0.472. The van der Waals surface area contributed by atoms with Crippen molar-refractivity contribution in [1.29, 1.82) is 0 Å². The van der Waals surface area contributed by atoms with E-state index in [2.05, 4.69) is 4.72 Å². The molecule has 0 fully saturated rings. The van der Waals surface area contributed by atoms with Gasteiger partial charge < -0.3 is 9.64 Å². The summed E-state index contributed by atoms with van der Waals surface area (Å²) in [6, 6.07) is 20.7. The number of amides is 1. The quantitative estimate of drug-likeness (QED) is 0.672. The highest BCUT2D eigenvalue weighted by Gasteiger charge is 2.32. The first-order valence-electron chi connectivity index (χ1n) is 9.57. The summed E-state index contributed by atoms with van der Waals surface area (Å²) in [6.45, 7) is 1.96. The summed E-state index contributed by atoms with van der Waals surface area (Å²) >= 11 is 0. The third kappa shape index (κ3) is 3.76. The van der Waals surface area contributed by atoms with Gasteiger partial charge in [-0.1, -0.05) is 24.3 Å². The van der Waals surface area contributed by atoms with Crippen molar-refractivity contribution in [3.63, 3.8) is 0 Å². The minimum Gasteiger partial charge on any atom is -0.497 e. The number of hydrogen-bond donors (Lipinski definition) is 1. The van der Waals surface area contributed by atoms with E-state index in [9.17, 15) is 13.2 Å². The van der Waals surface area contributed by atoms with Crippen LogP contribution in [-0.4, -0.2) is 27.5 Å². The van der Waals surface area contributed by atoms with Crippen molar-refractivity contribution >= 4 is 27.3 Å². The lowest BCUT2D eigenvalue weighted by Gasteiger charge is -2.23. The molecule has 0 unspecified atom stereocenters. The third-order valence-corrected chi connectivity index (χ3v) is 6.52. The zero-order valence-corrected chi connectivity index (χ0v) is 17.5. The van der Waals surface area contributed by atoms with Crippen LogP contribution in [0.15, 0.2) is 77.7 Å². The van der Waals surface area contributed by atoms with Gasteiger partial charge >= 0.3 is 0 Å². The number of carbonyl (C=O) groups excluding carboxylic acids is 1. The van der Waals surface area contributed by atoms with Crippen molar-refractivity contribution in [2.24, 2.45) is 0 Å². The molecular weight excluding hydrogens is 400 g/mol. The molecule has 0 radical (unpaired) electrons. The molecule has 3 aromatic carbocycles. The van der Waals surface area contributed by atoms with Gasteiger partial charge in [-0.2, -0.15) is 0 Å². The van der Waals surface area contributed by atoms with Crippen LogP contribution in [0.5, 0.6) is 5.75 Å². The Bertz CT molecular complexity index is 1190. The first kappa shape index (κ1) is 20.0. The number of ether oxygens (including phenoxy) is 1. The molecule has 0 saturated carbocycles. The summed E-state index contributed by atoms with van der Waals surface area (Å²) in [6.07, 6.45) is 0.594. The average Bonchev–Trinajstić information content (AvgIpc) is 3.08. The number of nitrogens with zero attached hydrogens (tertiary/aromatic N) is 1. The van der Waals surface area contributed by atoms with Gasteiger partial charge in [-0.3, -0.25) is 9.52 Å². The molecule has 0 spiro atoms. The topological polar surface area (TPSA) is 75.7 Å². The monoisotopic (exact) mass is 422 g/mol. The molecule has 3 aromatic rings. The van der Waals surface area contributed by atoms with Crippen LogP contribution in [0.25, 0.3) is 0 Å². The Morgan fingerprint density at radius 3 is 2.53 bits per heavy atom. The predicted octanol–water partition coefficient (Wildman–Crippen LogP) is 4.09. The zero-order chi connectivity index (χ0) is 21.3. The van der Waals surface area contributed by atoms with Crippen LogP contribution < -0.4 is 14.4 Å². The molecular formula is C23H22N2O4S. The summed E-state index contributed by atoms with van der Waals surface area (Å²) in [5, 5.41) is 0. The third-order valence-electron chi connectivity index (χ3n) is 5.14. The van der Waals surface area contributed by atoms with Gasteiger partial charge in [-0.15, -0.1) is 0 Å². The second kappa shape index (κ2) is 7.84. The number of rotatable bonds is 5. The Labute approximate surface area is 176 Å². The van der Waals surface area contributed by atoms with Crippen molar-refractivity contribution in [1.82, 2.24) is 0 Å². The van der Waals surface area contributed by atoms with E-state index in [1.54, 1.807) is 53.4 Å². The van der Waals surface area contributed by atoms with Gasteiger partial charge in [-0.05, 0) is 61.4 Å². The molecule has 1 aliphatic rings. The van der Waals surface area contributed by atoms with E-state index in [4.69, 9.17) is 4.74 Å². The number of sulfonamides is 1. The van der Waals surface area contributed by atoms with Gasteiger partial charge in [0.05, 0.1) is 17.7 Å². The van der Waals surface area contributed by atoms with Crippen molar-refractivity contribution in [2.45, 2.75) is 24.3 Å². The molecule has 0 bridgehead atoms. The first-order chi connectivity index (χ1) is 14.4. The summed E-state index contributed by atoms with van der Waals surface area (Å²) < 4.78 is 33.5. The maximum absolute atomic E-state index is 13.0. The number of carbonyl (C=O) groups is 1. The van der Waals surface area contributed by atoms with Crippen LogP contribution in [0.2, 0.25) is 0 Å². The highest BCUT2D eigenvalue weighted by molar-refractivity contribution is 7.92. The molecule has 30 heavy (non-hydrogen) atoms. The predicted molar refractivity (Wildman–Crippen MR) is 117 cm³/mol. The summed E-state index contributed by atoms with van der Waals surface area (Å²) in [7, 11) is -2.25. The van der Waals surface area contributed by atoms with Gasteiger partial charge in [0.25, 0.3) is 15.9 Å². The smallest absolute Gasteiger partial charge is 0.261 e. The van der Waals surface area contributed by atoms with Crippen molar-refractivity contribution in [3.05, 3.63) is 83.9 Å². The largest absolute Gasteiger partial charge is 0.497 e. The number of nitrogens with one attached hydrogen (secondary N) is 1. The molecule has 1 atom stereocenters. The second-order valence-corrected chi connectivity index (χ2v) is 8.90. The Morgan fingerprint density at radius 2 is 1.80 bits per heavy atom. The molecule has 154 valence electrons.